The van der Waals surface area contributed by atoms with Crippen molar-refractivity contribution >= 4 is 11.7 Å². The standard InChI is InChI=1S/C11H15NO3/c1-3-8-4-5-10(9(12)6-8)15-7(2)11(13)14/h4-7H,3,12H2,1-2H3,(H,13,14). The number of aliphatic carboxylic acids is 1. The van der Waals surface area contributed by atoms with E-state index in [0.717, 1.165) is 12.0 Å². The smallest absolute Gasteiger partial charge is 0.344 e. The minimum Gasteiger partial charge on any atom is -0.479 e. The maximum Gasteiger partial charge on any atom is 0.344 e. The summed E-state index contributed by atoms with van der Waals surface area (Å²) < 4.78 is 5.18. The number of ether oxygens (including phenoxy) is 1. The van der Waals surface area contributed by atoms with Gasteiger partial charge in [-0.15, -0.1) is 0 Å². The van der Waals surface area contributed by atoms with Crippen LogP contribution < -0.4 is 10.5 Å². The van der Waals surface area contributed by atoms with Crippen LogP contribution in [0.5, 0.6) is 5.75 Å². The lowest BCUT2D eigenvalue weighted by Crippen LogP contribution is -2.23. The molecule has 4 heteroatoms. The molecule has 0 amide bonds. The van der Waals surface area contributed by atoms with Crippen LogP contribution in [-0.2, 0) is 11.2 Å². The number of carbonyl (C=O) groups is 1. The highest BCUT2D eigenvalue weighted by atomic mass is 16.5. The quantitative estimate of drug-likeness (QED) is 0.740. The van der Waals surface area contributed by atoms with Gasteiger partial charge in [-0.2, -0.15) is 0 Å². The highest BCUT2D eigenvalue weighted by Crippen LogP contribution is 2.23. The Hall–Kier alpha value is -1.71. The van der Waals surface area contributed by atoms with Crippen molar-refractivity contribution in [2.75, 3.05) is 5.73 Å². The average molecular weight is 209 g/mol. The molecule has 0 saturated heterocycles. The first-order valence-corrected chi connectivity index (χ1v) is 4.82. The molecule has 0 aliphatic rings. The van der Waals surface area contributed by atoms with E-state index in [1.165, 1.54) is 6.92 Å². The third-order valence-corrected chi connectivity index (χ3v) is 2.13. The monoisotopic (exact) mass is 209 g/mol. The summed E-state index contributed by atoms with van der Waals surface area (Å²) in [5, 5.41) is 8.67. The SMILES string of the molecule is CCc1ccc(OC(C)C(=O)O)c(N)c1. The van der Waals surface area contributed by atoms with Crippen LogP contribution in [-0.4, -0.2) is 17.2 Å². The van der Waals surface area contributed by atoms with Crippen molar-refractivity contribution in [3.8, 4) is 5.75 Å². The maximum atomic E-state index is 10.6. The second kappa shape index (κ2) is 4.68. The maximum absolute atomic E-state index is 10.6. The number of rotatable bonds is 4. The van der Waals surface area contributed by atoms with Crippen LogP contribution in [0.25, 0.3) is 0 Å². The van der Waals surface area contributed by atoms with Crippen LogP contribution in [0.2, 0.25) is 0 Å². The molecule has 0 radical (unpaired) electrons. The van der Waals surface area contributed by atoms with Gasteiger partial charge in [-0.1, -0.05) is 13.0 Å². The summed E-state index contributed by atoms with van der Waals surface area (Å²) in [7, 11) is 0. The fourth-order valence-corrected chi connectivity index (χ4v) is 1.17. The number of nitrogen functional groups attached to an aromatic ring is 1. The number of benzene rings is 1. The minimum absolute atomic E-state index is 0.419. The number of nitrogens with two attached hydrogens (primary N) is 1. The Labute approximate surface area is 88.7 Å². The average Bonchev–Trinajstić information content (AvgIpc) is 2.20. The van der Waals surface area contributed by atoms with Crippen LogP contribution in [0.3, 0.4) is 0 Å². The van der Waals surface area contributed by atoms with E-state index < -0.39 is 12.1 Å². The lowest BCUT2D eigenvalue weighted by Gasteiger charge is -2.12. The predicted molar refractivity (Wildman–Crippen MR) is 58.0 cm³/mol. The first kappa shape index (κ1) is 11.4. The molecule has 0 spiro atoms. The van der Waals surface area contributed by atoms with Gasteiger partial charge in [-0.3, -0.25) is 0 Å². The molecule has 3 N–H and O–H groups in total. The lowest BCUT2D eigenvalue weighted by molar-refractivity contribution is -0.144. The van der Waals surface area contributed by atoms with Gasteiger partial charge in [0.25, 0.3) is 0 Å². The summed E-state index contributed by atoms with van der Waals surface area (Å²) in [5.41, 5.74) is 7.30. The van der Waals surface area contributed by atoms with Crippen molar-refractivity contribution in [1.29, 1.82) is 0 Å². The van der Waals surface area contributed by atoms with Crippen LogP contribution in [0.4, 0.5) is 5.69 Å². The van der Waals surface area contributed by atoms with E-state index in [-0.39, 0.29) is 0 Å². The molecule has 1 rings (SSSR count). The summed E-state index contributed by atoms with van der Waals surface area (Å²) in [6.07, 6.45) is -0.00123. The van der Waals surface area contributed by atoms with Gasteiger partial charge in [-0.25, -0.2) is 4.79 Å². The van der Waals surface area contributed by atoms with E-state index in [0.29, 0.717) is 11.4 Å². The Morgan fingerprint density at radius 1 is 1.60 bits per heavy atom. The van der Waals surface area contributed by atoms with E-state index in [4.69, 9.17) is 15.6 Å². The highest BCUT2D eigenvalue weighted by Gasteiger charge is 2.13. The van der Waals surface area contributed by atoms with Gasteiger partial charge in [-0.05, 0) is 31.0 Å². The largest absolute Gasteiger partial charge is 0.479 e. The molecule has 0 fully saturated rings. The Morgan fingerprint density at radius 2 is 2.27 bits per heavy atom. The van der Waals surface area contributed by atoms with Crippen molar-refractivity contribution in [2.45, 2.75) is 26.4 Å². The van der Waals surface area contributed by atoms with E-state index in [1.54, 1.807) is 12.1 Å². The van der Waals surface area contributed by atoms with Crippen LogP contribution in [0, 0.1) is 0 Å². The minimum atomic E-state index is -1.01. The van der Waals surface area contributed by atoms with Crippen molar-refractivity contribution in [2.24, 2.45) is 0 Å². The van der Waals surface area contributed by atoms with Crippen molar-refractivity contribution in [3.05, 3.63) is 23.8 Å². The fraction of sp³-hybridized carbons (Fsp3) is 0.364. The molecular weight excluding hydrogens is 194 g/mol. The van der Waals surface area contributed by atoms with E-state index in [2.05, 4.69) is 0 Å². The fourth-order valence-electron chi connectivity index (χ4n) is 1.17. The number of carboxylic acid groups (broad SMARTS) is 1. The summed E-state index contributed by atoms with van der Waals surface area (Å²) in [6.45, 7) is 3.49. The van der Waals surface area contributed by atoms with Gasteiger partial charge >= 0.3 is 5.97 Å². The Kier molecular flexibility index (Phi) is 3.55. The topological polar surface area (TPSA) is 72.5 Å². The molecule has 0 bridgehead atoms. The van der Waals surface area contributed by atoms with Gasteiger partial charge in [0.2, 0.25) is 0 Å². The predicted octanol–water partition coefficient (Wildman–Crippen LogP) is 1.68. The molecule has 4 nitrogen and oxygen atoms in total. The van der Waals surface area contributed by atoms with Gasteiger partial charge in [0.05, 0.1) is 5.69 Å². The zero-order chi connectivity index (χ0) is 11.4. The van der Waals surface area contributed by atoms with E-state index >= 15 is 0 Å². The molecule has 0 saturated carbocycles. The van der Waals surface area contributed by atoms with Crippen LogP contribution in [0.15, 0.2) is 18.2 Å². The number of hydrogen-bond donors (Lipinski definition) is 2. The van der Waals surface area contributed by atoms with Crippen molar-refractivity contribution in [1.82, 2.24) is 0 Å². The number of carboxylic acids is 1. The third kappa shape index (κ3) is 2.87. The first-order valence-electron chi connectivity index (χ1n) is 4.82. The van der Waals surface area contributed by atoms with Crippen molar-refractivity contribution < 1.29 is 14.6 Å². The molecule has 0 aliphatic heterocycles. The second-order valence-electron chi connectivity index (χ2n) is 3.32. The Balaban J connectivity index is 2.82. The molecule has 15 heavy (non-hydrogen) atoms. The normalized spacial score (nSPS) is 12.1. The van der Waals surface area contributed by atoms with Crippen molar-refractivity contribution in [3.63, 3.8) is 0 Å². The summed E-state index contributed by atoms with van der Waals surface area (Å²) in [6, 6.07) is 5.37. The summed E-state index contributed by atoms with van der Waals surface area (Å²) >= 11 is 0. The van der Waals surface area contributed by atoms with E-state index in [1.807, 2.05) is 13.0 Å². The molecule has 82 valence electrons. The number of hydrogen-bond acceptors (Lipinski definition) is 3. The molecule has 1 unspecified atom stereocenters. The number of aryl methyl sites for hydroxylation is 1. The molecule has 1 aromatic carbocycles. The zero-order valence-electron chi connectivity index (χ0n) is 8.86. The molecule has 1 atom stereocenters. The lowest BCUT2D eigenvalue weighted by atomic mass is 10.1. The third-order valence-electron chi connectivity index (χ3n) is 2.13. The van der Waals surface area contributed by atoms with Crippen LogP contribution >= 0.6 is 0 Å². The molecular formula is C11H15NO3. The Morgan fingerprint density at radius 3 is 2.73 bits per heavy atom. The highest BCUT2D eigenvalue weighted by molar-refractivity contribution is 5.72. The number of anilines is 1. The second-order valence-corrected chi connectivity index (χ2v) is 3.32. The van der Waals surface area contributed by atoms with Gasteiger partial charge < -0.3 is 15.6 Å². The van der Waals surface area contributed by atoms with Gasteiger partial charge in [0.15, 0.2) is 6.10 Å². The zero-order valence-corrected chi connectivity index (χ0v) is 8.86. The Bertz CT molecular complexity index is 363. The molecule has 0 heterocycles. The molecule has 0 aromatic heterocycles. The summed E-state index contributed by atoms with van der Waals surface area (Å²) in [4.78, 5) is 10.6. The van der Waals surface area contributed by atoms with Crippen LogP contribution in [0.1, 0.15) is 19.4 Å². The van der Waals surface area contributed by atoms with Gasteiger partial charge in [0.1, 0.15) is 5.75 Å². The van der Waals surface area contributed by atoms with Gasteiger partial charge in [0, 0.05) is 0 Å². The van der Waals surface area contributed by atoms with E-state index in [9.17, 15) is 4.79 Å². The first-order chi connectivity index (χ1) is 7.04. The molecule has 0 aliphatic carbocycles. The molecule has 1 aromatic rings. The summed E-state index contributed by atoms with van der Waals surface area (Å²) in [5.74, 6) is -0.587.